The van der Waals surface area contributed by atoms with E-state index in [0.717, 1.165) is 6.07 Å². The van der Waals surface area contributed by atoms with Crippen molar-refractivity contribution in [1.82, 2.24) is 0 Å². The molecule has 98 valence electrons. The van der Waals surface area contributed by atoms with Crippen molar-refractivity contribution in [2.24, 2.45) is 0 Å². The fourth-order valence-corrected chi connectivity index (χ4v) is 1.21. The molecule has 0 unspecified atom stereocenters. The van der Waals surface area contributed by atoms with Gasteiger partial charge in [0.05, 0.1) is 4.92 Å². The van der Waals surface area contributed by atoms with Crippen LogP contribution in [-0.2, 0) is 11.0 Å². The standard InChI is InChI=1S/C9H7F3N2O4/c10-9(11,12)6-3-5(13-4-8(15)16)1-2-7(6)14(17)18/h1-3,13H,4H2,(H,15,16). The summed E-state index contributed by atoms with van der Waals surface area (Å²) in [7, 11) is 0. The van der Waals surface area contributed by atoms with Gasteiger partial charge in [0.1, 0.15) is 12.1 Å². The number of benzene rings is 1. The zero-order valence-corrected chi connectivity index (χ0v) is 8.69. The number of carbonyl (C=O) groups is 1. The number of nitrogens with one attached hydrogen (secondary N) is 1. The Bertz CT molecular complexity index is 487. The Labute approximate surface area is 98.2 Å². The second-order valence-electron chi connectivity index (χ2n) is 3.23. The molecule has 0 aliphatic rings. The van der Waals surface area contributed by atoms with Crippen LogP contribution in [0.5, 0.6) is 0 Å². The lowest BCUT2D eigenvalue weighted by molar-refractivity contribution is -0.388. The highest BCUT2D eigenvalue weighted by atomic mass is 19.4. The Kier molecular flexibility index (Phi) is 3.74. The Hall–Kier alpha value is -2.32. The van der Waals surface area contributed by atoms with Gasteiger partial charge < -0.3 is 10.4 Å². The van der Waals surface area contributed by atoms with Crippen molar-refractivity contribution in [3.8, 4) is 0 Å². The van der Waals surface area contributed by atoms with Crippen LogP contribution in [0, 0.1) is 10.1 Å². The van der Waals surface area contributed by atoms with Gasteiger partial charge in [-0.25, -0.2) is 0 Å². The number of carboxylic acids is 1. The van der Waals surface area contributed by atoms with Crippen molar-refractivity contribution in [3.63, 3.8) is 0 Å². The minimum absolute atomic E-state index is 0.157. The van der Waals surface area contributed by atoms with Gasteiger partial charge in [0.15, 0.2) is 0 Å². The number of anilines is 1. The summed E-state index contributed by atoms with van der Waals surface area (Å²) >= 11 is 0. The number of hydrogen-bond acceptors (Lipinski definition) is 4. The third-order valence-corrected chi connectivity index (χ3v) is 1.94. The first-order valence-electron chi connectivity index (χ1n) is 4.53. The van der Waals surface area contributed by atoms with E-state index in [1.165, 1.54) is 0 Å². The van der Waals surface area contributed by atoms with Gasteiger partial charge in [-0.05, 0) is 12.1 Å². The van der Waals surface area contributed by atoms with Gasteiger partial charge in [0.25, 0.3) is 5.69 Å². The summed E-state index contributed by atoms with van der Waals surface area (Å²) in [6, 6.07) is 2.18. The predicted molar refractivity (Wildman–Crippen MR) is 54.2 cm³/mol. The summed E-state index contributed by atoms with van der Waals surface area (Å²) in [5.74, 6) is -1.26. The predicted octanol–water partition coefficient (Wildman–Crippen LogP) is 2.11. The largest absolute Gasteiger partial charge is 0.480 e. The maximum Gasteiger partial charge on any atom is 0.423 e. The van der Waals surface area contributed by atoms with Gasteiger partial charge in [-0.3, -0.25) is 14.9 Å². The lowest BCUT2D eigenvalue weighted by Gasteiger charge is -2.10. The summed E-state index contributed by atoms with van der Waals surface area (Å²) in [6.07, 6.45) is -4.89. The highest BCUT2D eigenvalue weighted by molar-refractivity contribution is 5.73. The average molecular weight is 264 g/mol. The van der Waals surface area contributed by atoms with E-state index >= 15 is 0 Å². The second kappa shape index (κ2) is 4.90. The number of nitro groups is 1. The van der Waals surface area contributed by atoms with Crippen LogP contribution < -0.4 is 5.32 Å². The lowest BCUT2D eigenvalue weighted by Crippen LogP contribution is -2.14. The number of alkyl halides is 3. The number of nitrogens with zero attached hydrogens (tertiary/aromatic N) is 1. The molecule has 0 bridgehead atoms. The van der Waals surface area contributed by atoms with Crippen molar-refractivity contribution in [2.75, 3.05) is 11.9 Å². The van der Waals surface area contributed by atoms with Gasteiger partial charge in [0.2, 0.25) is 0 Å². The summed E-state index contributed by atoms with van der Waals surface area (Å²) in [5.41, 5.74) is -2.67. The SMILES string of the molecule is O=C(O)CNc1ccc([N+](=O)[O-])c(C(F)(F)F)c1. The molecule has 0 amide bonds. The van der Waals surface area contributed by atoms with E-state index in [0.29, 0.717) is 12.1 Å². The van der Waals surface area contributed by atoms with Gasteiger partial charge in [-0.15, -0.1) is 0 Å². The fraction of sp³-hybridized carbons (Fsp3) is 0.222. The van der Waals surface area contributed by atoms with E-state index in [4.69, 9.17) is 5.11 Å². The van der Waals surface area contributed by atoms with Crippen LogP contribution in [0.3, 0.4) is 0 Å². The summed E-state index contributed by atoms with van der Waals surface area (Å²) in [6.45, 7) is -0.588. The molecule has 0 fully saturated rings. The highest BCUT2D eigenvalue weighted by Gasteiger charge is 2.38. The Balaban J connectivity index is 3.14. The van der Waals surface area contributed by atoms with Crippen molar-refractivity contribution in [1.29, 1.82) is 0 Å². The highest BCUT2D eigenvalue weighted by Crippen LogP contribution is 2.37. The molecule has 1 rings (SSSR count). The van der Waals surface area contributed by atoms with E-state index in [-0.39, 0.29) is 5.69 Å². The molecule has 1 aromatic carbocycles. The summed E-state index contributed by atoms with van der Waals surface area (Å²) in [5, 5.41) is 21.0. The van der Waals surface area contributed by atoms with Crippen LogP contribution in [0.4, 0.5) is 24.5 Å². The first kappa shape index (κ1) is 13.7. The molecule has 6 nitrogen and oxygen atoms in total. The molecule has 0 saturated carbocycles. The normalized spacial score (nSPS) is 11.1. The maximum atomic E-state index is 12.5. The second-order valence-corrected chi connectivity index (χ2v) is 3.23. The number of nitro benzene ring substituents is 1. The van der Waals surface area contributed by atoms with Crippen molar-refractivity contribution >= 4 is 17.3 Å². The first-order chi connectivity index (χ1) is 8.21. The van der Waals surface area contributed by atoms with Crippen LogP contribution >= 0.6 is 0 Å². The zero-order chi connectivity index (χ0) is 13.9. The number of aliphatic carboxylic acids is 1. The Morgan fingerprint density at radius 1 is 1.44 bits per heavy atom. The number of halogens is 3. The molecule has 2 N–H and O–H groups in total. The van der Waals surface area contributed by atoms with Crippen molar-refractivity contribution in [3.05, 3.63) is 33.9 Å². The van der Waals surface area contributed by atoms with E-state index in [2.05, 4.69) is 5.32 Å². The van der Waals surface area contributed by atoms with E-state index < -0.39 is 34.9 Å². The third kappa shape index (κ3) is 3.34. The minimum Gasteiger partial charge on any atom is -0.480 e. The number of rotatable bonds is 4. The van der Waals surface area contributed by atoms with Crippen LogP contribution in [0.1, 0.15) is 5.56 Å². The van der Waals surface area contributed by atoms with Gasteiger partial charge in [0, 0.05) is 11.8 Å². The molecule has 0 heterocycles. The quantitative estimate of drug-likeness (QED) is 0.641. The first-order valence-corrected chi connectivity index (χ1v) is 4.53. The Morgan fingerprint density at radius 3 is 2.50 bits per heavy atom. The van der Waals surface area contributed by atoms with Gasteiger partial charge in [-0.1, -0.05) is 0 Å². The molecule has 0 saturated heterocycles. The molecule has 0 aliphatic heterocycles. The van der Waals surface area contributed by atoms with Gasteiger partial charge >= 0.3 is 12.1 Å². The number of carboxylic acid groups (broad SMARTS) is 1. The molecule has 0 atom stereocenters. The average Bonchev–Trinajstić information content (AvgIpc) is 2.24. The van der Waals surface area contributed by atoms with Crippen LogP contribution in [0.15, 0.2) is 18.2 Å². The van der Waals surface area contributed by atoms with Crippen LogP contribution in [0.25, 0.3) is 0 Å². The molecular weight excluding hydrogens is 257 g/mol. The molecule has 0 spiro atoms. The molecule has 18 heavy (non-hydrogen) atoms. The molecule has 0 aromatic heterocycles. The lowest BCUT2D eigenvalue weighted by atomic mass is 10.1. The topological polar surface area (TPSA) is 92.5 Å². The fourth-order valence-electron chi connectivity index (χ4n) is 1.21. The number of hydrogen-bond donors (Lipinski definition) is 2. The van der Waals surface area contributed by atoms with E-state index in [1.807, 2.05) is 0 Å². The molecule has 0 radical (unpaired) electrons. The third-order valence-electron chi connectivity index (χ3n) is 1.94. The van der Waals surface area contributed by atoms with E-state index in [1.54, 1.807) is 0 Å². The van der Waals surface area contributed by atoms with Crippen molar-refractivity contribution < 1.29 is 28.0 Å². The zero-order valence-electron chi connectivity index (χ0n) is 8.69. The maximum absolute atomic E-state index is 12.5. The molecular formula is C9H7F3N2O4. The molecule has 9 heteroatoms. The van der Waals surface area contributed by atoms with E-state index in [9.17, 15) is 28.1 Å². The van der Waals surface area contributed by atoms with Gasteiger partial charge in [-0.2, -0.15) is 13.2 Å². The molecule has 1 aromatic rings. The molecule has 0 aliphatic carbocycles. The van der Waals surface area contributed by atoms with Crippen molar-refractivity contribution in [2.45, 2.75) is 6.18 Å². The summed E-state index contributed by atoms with van der Waals surface area (Å²) < 4.78 is 37.6. The monoisotopic (exact) mass is 264 g/mol. The Morgan fingerprint density at radius 2 is 2.06 bits per heavy atom. The van der Waals surface area contributed by atoms with Crippen LogP contribution in [0.2, 0.25) is 0 Å². The smallest absolute Gasteiger partial charge is 0.423 e. The summed E-state index contributed by atoms with van der Waals surface area (Å²) in [4.78, 5) is 19.5. The minimum atomic E-state index is -4.89. The van der Waals surface area contributed by atoms with Crippen LogP contribution in [-0.4, -0.2) is 22.5 Å².